The molecular weight excluding hydrogens is 424 g/mol. The molecule has 0 unspecified atom stereocenters. The van der Waals surface area contributed by atoms with Crippen molar-refractivity contribution in [3.63, 3.8) is 0 Å². The van der Waals surface area contributed by atoms with Gasteiger partial charge in [-0.25, -0.2) is 4.79 Å². The normalized spacial score (nSPS) is 14.3. The number of nitrogens with zero attached hydrogens (tertiary/aromatic N) is 2. The highest BCUT2D eigenvalue weighted by Crippen LogP contribution is 2.26. The van der Waals surface area contributed by atoms with Crippen LogP contribution < -0.4 is 4.74 Å². The minimum atomic E-state index is -0.269. The van der Waals surface area contributed by atoms with Crippen molar-refractivity contribution in [1.82, 2.24) is 9.47 Å². The number of carbonyl (C=O) groups is 1. The molecule has 1 aliphatic carbocycles. The van der Waals surface area contributed by atoms with Crippen LogP contribution in [-0.4, -0.2) is 36.2 Å². The molecule has 1 aromatic heterocycles. The topological polar surface area (TPSA) is 43.7 Å². The minimum Gasteiger partial charge on any atom is -0.497 e. The first-order valence-corrected chi connectivity index (χ1v) is 12.3. The first-order valence-electron chi connectivity index (χ1n) is 12.3. The van der Waals surface area contributed by atoms with Crippen LogP contribution in [0.2, 0.25) is 0 Å². The number of ether oxygens (including phenoxy) is 2. The van der Waals surface area contributed by atoms with Gasteiger partial charge < -0.3 is 14.0 Å². The molecule has 0 atom stereocenters. The molecule has 0 saturated heterocycles. The largest absolute Gasteiger partial charge is 0.497 e. The molecule has 0 spiro atoms. The highest BCUT2D eigenvalue weighted by atomic mass is 16.5. The quantitative estimate of drug-likeness (QED) is 0.353. The van der Waals surface area contributed by atoms with E-state index in [1.54, 1.807) is 7.11 Å². The Bertz CT molecular complexity index is 1070. The third kappa shape index (κ3) is 6.29. The number of esters is 1. The van der Waals surface area contributed by atoms with Gasteiger partial charge in [-0.1, -0.05) is 49.6 Å². The number of benzene rings is 2. The van der Waals surface area contributed by atoms with E-state index in [0.29, 0.717) is 11.5 Å². The number of aromatic nitrogens is 1. The Labute approximate surface area is 203 Å². The number of hydrogen-bond donors (Lipinski definition) is 0. The first kappa shape index (κ1) is 24.1. The maximum Gasteiger partial charge on any atom is 0.338 e. The number of hydrogen-bond acceptors (Lipinski definition) is 4. The zero-order valence-electron chi connectivity index (χ0n) is 20.4. The second kappa shape index (κ2) is 11.9. The van der Waals surface area contributed by atoms with E-state index in [-0.39, 0.29) is 5.97 Å². The predicted molar refractivity (Wildman–Crippen MR) is 135 cm³/mol. The summed E-state index contributed by atoms with van der Waals surface area (Å²) in [5.74, 6) is 1.32. The molecule has 0 aliphatic heterocycles. The van der Waals surface area contributed by atoms with Crippen molar-refractivity contribution in [2.75, 3.05) is 20.8 Å². The van der Waals surface area contributed by atoms with Crippen LogP contribution >= 0.6 is 0 Å². The summed E-state index contributed by atoms with van der Waals surface area (Å²) >= 11 is 0. The van der Waals surface area contributed by atoms with E-state index < -0.39 is 0 Å². The van der Waals surface area contributed by atoms with Crippen molar-refractivity contribution in [2.45, 2.75) is 51.7 Å². The molecule has 2 aromatic carbocycles. The lowest BCUT2D eigenvalue weighted by Gasteiger charge is -2.30. The molecule has 1 fully saturated rings. The lowest BCUT2D eigenvalue weighted by Crippen LogP contribution is -2.31. The third-order valence-electron chi connectivity index (χ3n) is 6.85. The average Bonchev–Trinajstić information content (AvgIpc) is 3.30. The van der Waals surface area contributed by atoms with Crippen molar-refractivity contribution >= 4 is 5.97 Å². The van der Waals surface area contributed by atoms with Gasteiger partial charge in [-0.05, 0) is 60.2 Å². The summed E-state index contributed by atoms with van der Waals surface area (Å²) in [6.45, 7) is 3.41. The van der Waals surface area contributed by atoms with Gasteiger partial charge in [-0.15, -0.1) is 0 Å². The Hall–Kier alpha value is -3.05. The molecular formula is C29H36N2O3. The first-order chi connectivity index (χ1) is 16.7. The van der Waals surface area contributed by atoms with E-state index in [1.807, 2.05) is 30.3 Å². The summed E-state index contributed by atoms with van der Waals surface area (Å²) in [4.78, 5) is 14.9. The highest BCUT2D eigenvalue weighted by molar-refractivity contribution is 5.90. The van der Waals surface area contributed by atoms with Crippen LogP contribution in [0.25, 0.3) is 0 Å². The maximum atomic E-state index is 12.4. The van der Waals surface area contributed by atoms with Crippen LogP contribution in [0.4, 0.5) is 0 Å². The van der Waals surface area contributed by atoms with Crippen LogP contribution in [0.5, 0.6) is 5.75 Å². The molecule has 4 rings (SSSR count). The molecule has 1 aliphatic rings. The summed E-state index contributed by atoms with van der Waals surface area (Å²) < 4.78 is 12.8. The summed E-state index contributed by atoms with van der Waals surface area (Å²) in [6.07, 6.45) is 8.73. The van der Waals surface area contributed by atoms with Gasteiger partial charge in [0.05, 0.1) is 19.8 Å². The molecule has 0 amide bonds. The Kier molecular flexibility index (Phi) is 8.42. The molecule has 1 saturated carbocycles. The van der Waals surface area contributed by atoms with Crippen molar-refractivity contribution in [3.05, 3.63) is 89.2 Å². The van der Waals surface area contributed by atoms with Gasteiger partial charge in [-0.3, -0.25) is 4.90 Å². The summed E-state index contributed by atoms with van der Waals surface area (Å²) in [5, 5.41) is 0. The third-order valence-corrected chi connectivity index (χ3v) is 6.85. The van der Waals surface area contributed by atoms with Crippen LogP contribution in [-0.2, 0) is 24.4 Å². The second-order valence-corrected chi connectivity index (χ2v) is 9.30. The predicted octanol–water partition coefficient (Wildman–Crippen LogP) is 5.91. The van der Waals surface area contributed by atoms with Gasteiger partial charge in [0.25, 0.3) is 0 Å². The van der Waals surface area contributed by atoms with E-state index in [1.165, 1.54) is 50.5 Å². The minimum absolute atomic E-state index is 0.269. The van der Waals surface area contributed by atoms with E-state index in [9.17, 15) is 4.79 Å². The smallest absolute Gasteiger partial charge is 0.338 e. The van der Waals surface area contributed by atoms with Gasteiger partial charge >= 0.3 is 5.97 Å². The van der Waals surface area contributed by atoms with Crippen LogP contribution in [0, 0.1) is 5.92 Å². The molecule has 5 heteroatoms. The fourth-order valence-corrected chi connectivity index (χ4v) is 5.07. The lowest BCUT2D eigenvalue weighted by atomic mass is 9.88. The number of rotatable bonds is 10. The van der Waals surface area contributed by atoms with Gasteiger partial charge in [0.2, 0.25) is 0 Å². The van der Waals surface area contributed by atoms with Crippen molar-refractivity contribution in [2.24, 2.45) is 5.92 Å². The molecule has 0 radical (unpaired) electrons. The van der Waals surface area contributed by atoms with E-state index in [0.717, 1.165) is 37.5 Å². The molecule has 0 bridgehead atoms. The van der Waals surface area contributed by atoms with E-state index >= 15 is 0 Å². The van der Waals surface area contributed by atoms with Crippen molar-refractivity contribution in [3.8, 4) is 5.75 Å². The fraction of sp³-hybridized carbons (Fsp3) is 0.414. The maximum absolute atomic E-state index is 12.4. The standard InChI is InChI=1S/C29H36N2O3/c1-33-27-15-8-12-24(18-27)20-31-17-9-14-26(31)22-30(19-23-10-4-3-5-11-23)21-25-13-6-7-16-28(25)29(32)34-2/h6-9,12-18,23H,3-5,10-11,19-22H2,1-2H3. The van der Waals surface area contributed by atoms with Crippen LogP contribution in [0.3, 0.4) is 0 Å². The average molecular weight is 461 g/mol. The van der Waals surface area contributed by atoms with Gasteiger partial charge in [0.1, 0.15) is 5.75 Å². The van der Waals surface area contributed by atoms with Crippen LogP contribution in [0.15, 0.2) is 66.9 Å². The monoisotopic (exact) mass is 460 g/mol. The summed E-state index contributed by atoms with van der Waals surface area (Å²) in [7, 11) is 3.15. The number of carbonyl (C=O) groups excluding carboxylic acids is 1. The second-order valence-electron chi connectivity index (χ2n) is 9.30. The SMILES string of the molecule is COC(=O)c1ccccc1CN(Cc1cccn1Cc1cccc(OC)c1)CC1CCCCC1. The Morgan fingerprint density at radius 3 is 2.59 bits per heavy atom. The van der Waals surface area contributed by atoms with Crippen molar-refractivity contribution < 1.29 is 14.3 Å². The zero-order chi connectivity index (χ0) is 23.8. The Balaban J connectivity index is 1.55. The summed E-state index contributed by atoms with van der Waals surface area (Å²) in [6, 6.07) is 20.4. The molecule has 180 valence electrons. The summed E-state index contributed by atoms with van der Waals surface area (Å²) in [5.41, 5.74) is 4.17. The van der Waals surface area contributed by atoms with Crippen molar-refractivity contribution in [1.29, 1.82) is 0 Å². The molecule has 34 heavy (non-hydrogen) atoms. The Morgan fingerprint density at radius 2 is 1.79 bits per heavy atom. The Morgan fingerprint density at radius 1 is 0.971 bits per heavy atom. The lowest BCUT2D eigenvalue weighted by molar-refractivity contribution is 0.0597. The molecule has 3 aromatic rings. The molecule has 1 heterocycles. The molecule has 0 N–H and O–H groups in total. The molecule has 5 nitrogen and oxygen atoms in total. The number of methoxy groups -OCH3 is 2. The van der Waals surface area contributed by atoms with Gasteiger partial charge in [0, 0.05) is 38.1 Å². The van der Waals surface area contributed by atoms with E-state index in [2.05, 4.69) is 46.0 Å². The van der Waals surface area contributed by atoms with E-state index in [4.69, 9.17) is 9.47 Å². The van der Waals surface area contributed by atoms with Crippen LogP contribution in [0.1, 0.15) is 59.3 Å². The van der Waals surface area contributed by atoms with Gasteiger partial charge in [0.15, 0.2) is 0 Å². The zero-order valence-corrected chi connectivity index (χ0v) is 20.4. The fourth-order valence-electron chi connectivity index (χ4n) is 5.07. The van der Waals surface area contributed by atoms with Gasteiger partial charge in [-0.2, -0.15) is 0 Å². The highest BCUT2D eigenvalue weighted by Gasteiger charge is 2.21.